The summed E-state index contributed by atoms with van der Waals surface area (Å²) in [5.41, 5.74) is 2.55. The molecule has 0 bridgehead atoms. The molecular formula is C16H21FN6O2. The third kappa shape index (κ3) is 3.28. The van der Waals surface area contributed by atoms with Crippen LogP contribution >= 0.6 is 0 Å². The molecule has 1 fully saturated rings. The lowest BCUT2D eigenvalue weighted by Gasteiger charge is -2.22. The normalized spacial score (nSPS) is 23.1. The van der Waals surface area contributed by atoms with Gasteiger partial charge in [-0.3, -0.25) is 14.8 Å². The molecule has 134 valence electrons. The van der Waals surface area contributed by atoms with Crippen molar-refractivity contribution in [3.8, 4) is 0 Å². The van der Waals surface area contributed by atoms with Crippen molar-refractivity contribution in [3.63, 3.8) is 0 Å². The van der Waals surface area contributed by atoms with Gasteiger partial charge < -0.3 is 9.84 Å². The first kappa shape index (κ1) is 16.2. The quantitative estimate of drug-likeness (QED) is 0.834. The van der Waals surface area contributed by atoms with Gasteiger partial charge in [0.15, 0.2) is 11.5 Å². The Morgan fingerprint density at radius 1 is 1.48 bits per heavy atom. The molecule has 2 aromatic rings. The van der Waals surface area contributed by atoms with Crippen LogP contribution in [0.4, 0.5) is 4.39 Å². The first-order valence-electron chi connectivity index (χ1n) is 8.61. The number of nitrogens with one attached hydrogen (secondary N) is 2. The van der Waals surface area contributed by atoms with E-state index in [1.54, 1.807) is 6.92 Å². The lowest BCUT2D eigenvalue weighted by Crippen LogP contribution is -2.40. The number of aryl methyl sites for hydroxylation is 2. The van der Waals surface area contributed by atoms with Gasteiger partial charge in [-0.1, -0.05) is 5.16 Å². The Kier molecular flexibility index (Phi) is 4.24. The van der Waals surface area contributed by atoms with Gasteiger partial charge in [-0.05, 0) is 25.7 Å². The molecule has 0 radical (unpaired) electrons. The van der Waals surface area contributed by atoms with Crippen molar-refractivity contribution in [1.82, 2.24) is 30.6 Å². The Morgan fingerprint density at radius 3 is 3.16 bits per heavy atom. The number of carbonyl (C=O) groups excluding carboxylic acids is 1. The van der Waals surface area contributed by atoms with Crippen LogP contribution in [0.15, 0.2) is 4.52 Å². The van der Waals surface area contributed by atoms with Gasteiger partial charge in [0.05, 0.1) is 6.54 Å². The third-order valence-corrected chi connectivity index (χ3v) is 4.91. The van der Waals surface area contributed by atoms with Crippen LogP contribution in [0.2, 0.25) is 0 Å². The van der Waals surface area contributed by atoms with E-state index in [4.69, 9.17) is 4.52 Å². The SMILES string of the molecule is Cc1nc(CN2C[C@@H](F)C[C@H]2CNC(=O)c2n[nH]c3c2CCC3)no1. The van der Waals surface area contributed by atoms with E-state index in [1.807, 2.05) is 4.90 Å². The van der Waals surface area contributed by atoms with E-state index in [1.165, 1.54) is 0 Å². The molecule has 8 nitrogen and oxygen atoms in total. The largest absolute Gasteiger partial charge is 0.349 e. The lowest BCUT2D eigenvalue weighted by atomic mass is 10.1. The molecule has 0 unspecified atom stereocenters. The second-order valence-corrected chi connectivity index (χ2v) is 6.74. The number of hydrogen-bond acceptors (Lipinski definition) is 6. The summed E-state index contributed by atoms with van der Waals surface area (Å²) in [6.07, 6.45) is 2.35. The van der Waals surface area contributed by atoms with E-state index in [9.17, 15) is 9.18 Å². The summed E-state index contributed by atoms with van der Waals surface area (Å²) in [5.74, 6) is 0.827. The van der Waals surface area contributed by atoms with Crippen LogP contribution in [0.25, 0.3) is 0 Å². The molecule has 25 heavy (non-hydrogen) atoms. The van der Waals surface area contributed by atoms with Crippen LogP contribution in [0.1, 0.15) is 46.3 Å². The van der Waals surface area contributed by atoms with Crippen LogP contribution < -0.4 is 5.32 Å². The second-order valence-electron chi connectivity index (χ2n) is 6.74. The summed E-state index contributed by atoms with van der Waals surface area (Å²) in [6.45, 7) is 2.82. The topological polar surface area (TPSA) is 99.9 Å². The highest BCUT2D eigenvalue weighted by Crippen LogP contribution is 2.24. The van der Waals surface area contributed by atoms with Crippen molar-refractivity contribution in [3.05, 3.63) is 28.7 Å². The number of hydrogen-bond donors (Lipinski definition) is 2. The number of alkyl halides is 1. The minimum Gasteiger partial charge on any atom is -0.349 e. The highest BCUT2D eigenvalue weighted by molar-refractivity contribution is 5.94. The predicted molar refractivity (Wildman–Crippen MR) is 85.7 cm³/mol. The predicted octanol–water partition coefficient (Wildman–Crippen LogP) is 0.932. The number of halogens is 1. The van der Waals surface area contributed by atoms with Gasteiger partial charge in [0.1, 0.15) is 6.17 Å². The number of likely N-dealkylation sites (tertiary alicyclic amines) is 1. The molecule has 1 aliphatic heterocycles. The maximum absolute atomic E-state index is 13.9. The molecule has 1 saturated heterocycles. The average Bonchev–Trinajstić information content (AvgIpc) is 3.31. The maximum atomic E-state index is 13.9. The number of nitrogens with zero attached hydrogens (tertiary/aromatic N) is 4. The molecule has 9 heteroatoms. The number of fused-ring (bicyclic) bond motifs is 1. The van der Waals surface area contributed by atoms with E-state index >= 15 is 0 Å². The molecular weight excluding hydrogens is 327 g/mol. The number of amides is 1. The summed E-state index contributed by atoms with van der Waals surface area (Å²) in [7, 11) is 0. The van der Waals surface area contributed by atoms with Crippen molar-refractivity contribution < 1.29 is 13.7 Å². The fourth-order valence-electron chi connectivity index (χ4n) is 3.72. The van der Waals surface area contributed by atoms with Gasteiger partial charge in [0.2, 0.25) is 5.89 Å². The number of H-pyrrole nitrogens is 1. The van der Waals surface area contributed by atoms with Crippen molar-refractivity contribution in [2.75, 3.05) is 13.1 Å². The zero-order valence-electron chi connectivity index (χ0n) is 14.1. The Bertz CT molecular complexity index is 773. The summed E-state index contributed by atoms with van der Waals surface area (Å²) in [5, 5.41) is 13.8. The van der Waals surface area contributed by atoms with E-state index in [0.29, 0.717) is 43.5 Å². The van der Waals surface area contributed by atoms with Gasteiger partial charge in [0, 0.05) is 37.3 Å². The average molecular weight is 348 g/mol. The van der Waals surface area contributed by atoms with Crippen LogP contribution in [-0.2, 0) is 19.4 Å². The molecule has 2 aliphatic rings. The standard InChI is InChI=1S/C16H21FN6O2/c1-9-19-14(22-25-9)8-23-7-10(17)5-11(23)6-18-16(24)15-12-3-2-4-13(12)20-21-15/h10-11H,2-8H2,1H3,(H,18,24)(H,20,21)/t10-,11-/m0/s1. The van der Waals surface area contributed by atoms with Crippen LogP contribution in [0.5, 0.6) is 0 Å². The Morgan fingerprint density at radius 2 is 2.36 bits per heavy atom. The van der Waals surface area contributed by atoms with E-state index in [2.05, 4.69) is 25.7 Å². The summed E-state index contributed by atoms with van der Waals surface area (Å²) in [6, 6.07) is -0.0928. The fraction of sp³-hybridized carbons (Fsp3) is 0.625. The lowest BCUT2D eigenvalue weighted by molar-refractivity contribution is 0.0933. The Balaban J connectivity index is 1.37. The molecule has 0 saturated carbocycles. The van der Waals surface area contributed by atoms with Gasteiger partial charge in [-0.2, -0.15) is 10.1 Å². The first-order valence-corrected chi connectivity index (χ1v) is 8.61. The van der Waals surface area contributed by atoms with Crippen molar-refractivity contribution >= 4 is 5.91 Å². The molecule has 2 N–H and O–H groups in total. The zero-order chi connectivity index (χ0) is 17.4. The second kappa shape index (κ2) is 6.55. The molecule has 0 aromatic carbocycles. The summed E-state index contributed by atoms with van der Waals surface area (Å²) >= 11 is 0. The number of aromatic nitrogens is 4. The molecule has 2 atom stereocenters. The van der Waals surface area contributed by atoms with E-state index < -0.39 is 6.17 Å². The highest BCUT2D eigenvalue weighted by atomic mass is 19.1. The minimum absolute atomic E-state index is 0.0928. The van der Waals surface area contributed by atoms with Gasteiger partial charge >= 0.3 is 0 Å². The van der Waals surface area contributed by atoms with Gasteiger partial charge in [-0.15, -0.1) is 0 Å². The van der Waals surface area contributed by atoms with Gasteiger partial charge in [-0.25, -0.2) is 4.39 Å². The van der Waals surface area contributed by atoms with Crippen LogP contribution in [-0.4, -0.2) is 56.4 Å². The van der Waals surface area contributed by atoms with Gasteiger partial charge in [0.25, 0.3) is 5.91 Å². The highest BCUT2D eigenvalue weighted by Gasteiger charge is 2.33. The smallest absolute Gasteiger partial charge is 0.272 e. The van der Waals surface area contributed by atoms with E-state index in [-0.39, 0.29) is 11.9 Å². The fourth-order valence-corrected chi connectivity index (χ4v) is 3.72. The van der Waals surface area contributed by atoms with Crippen LogP contribution in [0, 0.1) is 6.92 Å². The maximum Gasteiger partial charge on any atom is 0.272 e. The van der Waals surface area contributed by atoms with E-state index in [0.717, 1.165) is 30.5 Å². The summed E-state index contributed by atoms with van der Waals surface area (Å²) < 4.78 is 18.8. The first-order chi connectivity index (χ1) is 12.1. The molecule has 1 amide bonds. The molecule has 1 aliphatic carbocycles. The summed E-state index contributed by atoms with van der Waals surface area (Å²) in [4.78, 5) is 18.5. The van der Waals surface area contributed by atoms with Crippen molar-refractivity contribution in [1.29, 1.82) is 0 Å². The molecule has 3 heterocycles. The minimum atomic E-state index is -0.912. The number of aromatic amines is 1. The Labute approximate surface area is 144 Å². The number of carbonyl (C=O) groups is 1. The van der Waals surface area contributed by atoms with Crippen molar-refractivity contribution in [2.24, 2.45) is 0 Å². The zero-order valence-corrected chi connectivity index (χ0v) is 14.1. The molecule has 0 spiro atoms. The number of rotatable bonds is 5. The molecule has 4 rings (SSSR count). The molecule has 2 aromatic heterocycles. The Hall–Kier alpha value is -2.29. The monoisotopic (exact) mass is 348 g/mol. The van der Waals surface area contributed by atoms with Crippen LogP contribution in [0.3, 0.4) is 0 Å². The third-order valence-electron chi connectivity index (χ3n) is 4.91. The van der Waals surface area contributed by atoms with Crippen molar-refractivity contribution in [2.45, 2.75) is 51.4 Å².